The van der Waals surface area contributed by atoms with Crippen LogP contribution in [0, 0.1) is 5.41 Å². The maximum atomic E-state index is 12.2. The Morgan fingerprint density at radius 3 is 2.78 bits per heavy atom. The normalized spacial score (nSPS) is 20.1. The monoisotopic (exact) mass is 246 g/mol. The van der Waals surface area contributed by atoms with Gasteiger partial charge in [0.2, 0.25) is 5.91 Å². The number of hydrogen-bond acceptors (Lipinski definition) is 3. The zero-order valence-electron chi connectivity index (χ0n) is 10.4. The molecule has 1 aromatic rings. The summed E-state index contributed by atoms with van der Waals surface area (Å²) in [6.07, 6.45) is 3.49. The first-order valence-electron chi connectivity index (χ1n) is 6.45. The zero-order chi connectivity index (χ0) is 12.6. The van der Waals surface area contributed by atoms with Crippen molar-refractivity contribution in [1.29, 1.82) is 0 Å². The number of carbonyl (C=O) groups excluding carboxylic acids is 1. The number of rotatable bonds is 3. The molecule has 1 heterocycles. The van der Waals surface area contributed by atoms with Crippen molar-refractivity contribution in [1.82, 2.24) is 0 Å². The third-order valence-electron chi connectivity index (χ3n) is 3.99. The summed E-state index contributed by atoms with van der Waals surface area (Å²) in [6, 6.07) is 6.18. The summed E-state index contributed by atoms with van der Waals surface area (Å²) in [4.78, 5) is 12.2. The molecule has 4 nitrogen and oxygen atoms in total. The Kier molecular flexibility index (Phi) is 2.84. The largest absolute Gasteiger partial charge is 0.379 e. The summed E-state index contributed by atoms with van der Waals surface area (Å²) >= 11 is 0. The van der Waals surface area contributed by atoms with Crippen molar-refractivity contribution < 1.29 is 9.53 Å². The SMILES string of the molecule is NCC1(C(=O)Nc2ccc3c(c2)CCC3)COC1. The second-order valence-corrected chi connectivity index (χ2v) is 5.27. The molecule has 1 aliphatic heterocycles. The first kappa shape index (κ1) is 11.7. The minimum absolute atomic E-state index is 0.0193. The lowest BCUT2D eigenvalue weighted by Gasteiger charge is -2.38. The van der Waals surface area contributed by atoms with Crippen LogP contribution in [0.1, 0.15) is 17.5 Å². The van der Waals surface area contributed by atoms with Gasteiger partial charge in [-0.15, -0.1) is 0 Å². The van der Waals surface area contributed by atoms with Crippen molar-refractivity contribution in [2.45, 2.75) is 19.3 Å². The highest BCUT2D eigenvalue weighted by molar-refractivity contribution is 5.96. The van der Waals surface area contributed by atoms with E-state index in [0.717, 1.165) is 18.5 Å². The van der Waals surface area contributed by atoms with E-state index in [4.69, 9.17) is 10.5 Å². The smallest absolute Gasteiger partial charge is 0.236 e. The van der Waals surface area contributed by atoms with Gasteiger partial charge in [0.15, 0.2) is 0 Å². The van der Waals surface area contributed by atoms with E-state index >= 15 is 0 Å². The van der Waals surface area contributed by atoms with Crippen molar-refractivity contribution in [3.8, 4) is 0 Å². The Hall–Kier alpha value is -1.39. The predicted octanol–water partition coefficient (Wildman–Crippen LogP) is 1.09. The number of benzene rings is 1. The van der Waals surface area contributed by atoms with Crippen LogP contribution in [0.3, 0.4) is 0 Å². The third-order valence-corrected chi connectivity index (χ3v) is 3.99. The molecule has 3 N–H and O–H groups in total. The highest BCUT2D eigenvalue weighted by Gasteiger charge is 2.44. The second-order valence-electron chi connectivity index (χ2n) is 5.27. The van der Waals surface area contributed by atoms with E-state index in [-0.39, 0.29) is 5.91 Å². The van der Waals surface area contributed by atoms with Gasteiger partial charge in [0.05, 0.1) is 13.2 Å². The van der Waals surface area contributed by atoms with Crippen molar-refractivity contribution in [3.05, 3.63) is 29.3 Å². The van der Waals surface area contributed by atoms with E-state index in [1.165, 1.54) is 17.5 Å². The van der Waals surface area contributed by atoms with Crippen molar-refractivity contribution in [2.75, 3.05) is 25.1 Å². The minimum Gasteiger partial charge on any atom is -0.379 e. The number of amides is 1. The van der Waals surface area contributed by atoms with Crippen LogP contribution < -0.4 is 11.1 Å². The van der Waals surface area contributed by atoms with Gasteiger partial charge in [-0.05, 0) is 42.5 Å². The number of fused-ring (bicyclic) bond motifs is 1. The molecule has 1 amide bonds. The van der Waals surface area contributed by atoms with E-state index in [1.807, 2.05) is 6.07 Å². The first-order valence-corrected chi connectivity index (χ1v) is 6.45. The molecule has 3 rings (SSSR count). The number of anilines is 1. The molecule has 0 radical (unpaired) electrons. The molecule has 1 fully saturated rings. The highest BCUT2D eigenvalue weighted by atomic mass is 16.5. The molecule has 18 heavy (non-hydrogen) atoms. The summed E-state index contributed by atoms with van der Waals surface area (Å²) in [7, 11) is 0. The van der Waals surface area contributed by atoms with E-state index in [9.17, 15) is 4.79 Å². The lowest BCUT2D eigenvalue weighted by molar-refractivity contribution is -0.153. The number of aryl methyl sites for hydroxylation is 2. The molecular formula is C14H18N2O2. The second kappa shape index (κ2) is 4.37. The topological polar surface area (TPSA) is 64.4 Å². The standard InChI is InChI=1S/C14H18N2O2/c15-7-14(8-18-9-14)13(17)16-12-5-4-10-2-1-3-11(10)6-12/h4-6H,1-3,7-9,15H2,(H,16,17). The van der Waals surface area contributed by atoms with E-state index in [1.54, 1.807) is 0 Å². The molecule has 4 heteroatoms. The molecule has 1 aliphatic carbocycles. The van der Waals surface area contributed by atoms with Crippen LogP contribution in [0.4, 0.5) is 5.69 Å². The fraction of sp³-hybridized carbons (Fsp3) is 0.500. The number of hydrogen-bond donors (Lipinski definition) is 2. The summed E-state index contributed by atoms with van der Waals surface area (Å²) in [5.41, 5.74) is 8.80. The number of nitrogens with one attached hydrogen (secondary N) is 1. The highest BCUT2D eigenvalue weighted by Crippen LogP contribution is 2.29. The van der Waals surface area contributed by atoms with Gasteiger partial charge >= 0.3 is 0 Å². The fourth-order valence-corrected chi connectivity index (χ4v) is 2.60. The van der Waals surface area contributed by atoms with E-state index in [0.29, 0.717) is 19.8 Å². The lowest BCUT2D eigenvalue weighted by Crippen LogP contribution is -2.56. The molecule has 2 aliphatic rings. The van der Waals surface area contributed by atoms with Gasteiger partial charge in [-0.1, -0.05) is 6.07 Å². The average molecular weight is 246 g/mol. The molecule has 1 aromatic carbocycles. The van der Waals surface area contributed by atoms with Crippen LogP contribution in [-0.2, 0) is 22.4 Å². The molecule has 0 saturated carbocycles. The molecule has 0 spiro atoms. The van der Waals surface area contributed by atoms with Crippen LogP contribution in [-0.4, -0.2) is 25.7 Å². The summed E-state index contributed by atoms with van der Waals surface area (Å²) < 4.78 is 5.12. The molecule has 0 unspecified atom stereocenters. The Bertz CT molecular complexity index is 475. The Morgan fingerprint density at radius 1 is 1.33 bits per heavy atom. The fourth-order valence-electron chi connectivity index (χ4n) is 2.60. The molecule has 0 aromatic heterocycles. The molecule has 0 bridgehead atoms. The van der Waals surface area contributed by atoms with Gasteiger partial charge in [0.1, 0.15) is 5.41 Å². The maximum Gasteiger partial charge on any atom is 0.236 e. The van der Waals surface area contributed by atoms with Gasteiger partial charge in [-0.25, -0.2) is 0 Å². The van der Waals surface area contributed by atoms with Crippen molar-refractivity contribution >= 4 is 11.6 Å². The third kappa shape index (κ3) is 1.82. The Labute approximate surface area is 107 Å². The van der Waals surface area contributed by atoms with Crippen LogP contribution in [0.5, 0.6) is 0 Å². The van der Waals surface area contributed by atoms with Gasteiger partial charge in [0.25, 0.3) is 0 Å². The quantitative estimate of drug-likeness (QED) is 0.839. The first-order chi connectivity index (χ1) is 8.73. The molecular weight excluding hydrogens is 228 g/mol. The average Bonchev–Trinajstić information content (AvgIpc) is 2.75. The lowest BCUT2D eigenvalue weighted by atomic mass is 9.85. The molecule has 0 atom stereocenters. The van der Waals surface area contributed by atoms with Crippen molar-refractivity contribution in [2.24, 2.45) is 11.1 Å². The van der Waals surface area contributed by atoms with Crippen LogP contribution in [0.15, 0.2) is 18.2 Å². The van der Waals surface area contributed by atoms with Crippen LogP contribution >= 0.6 is 0 Å². The predicted molar refractivity (Wildman–Crippen MR) is 69.4 cm³/mol. The number of carbonyl (C=O) groups is 1. The maximum absolute atomic E-state index is 12.2. The van der Waals surface area contributed by atoms with Crippen molar-refractivity contribution in [3.63, 3.8) is 0 Å². The van der Waals surface area contributed by atoms with Gasteiger partial charge in [0, 0.05) is 12.2 Å². The summed E-state index contributed by atoms with van der Waals surface area (Å²) in [6.45, 7) is 1.20. The molecule has 1 saturated heterocycles. The summed E-state index contributed by atoms with van der Waals surface area (Å²) in [5, 5.41) is 2.97. The van der Waals surface area contributed by atoms with E-state index in [2.05, 4.69) is 17.4 Å². The molecule has 96 valence electrons. The summed E-state index contributed by atoms with van der Waals surface area (Å²) in [5.74, 6) is -0.0193. The van der Waals surface area contributed by atoms with Crippen LogP contribution in [0.25, 0.3) is 0 Å². The number of nitrogens with two attached hydrogens (primary N) is 1. The van der Waals surface area contributed by atoms with Gasteiger partial charge in [-0.2, -0.15) is 0 Å². The Morgan fingerprint density at radius 2 is 2.11 bits per heavy atom. The van der Waals surface area contributed by atoms with Gasteiger partial charge in [-0.3, -0.25) is 4.79 Å². The zero-order valence-corrected chi connectivity index (χ0v) is 10.4. The van der Waals surface area contributed by atoms with Crippen LogP contribution in [0.2, 0.25) is 0 Å². The number of ether oxygens (including phenoxy) is 1. The Balaban J connectivity index is 1.74. The van der Waals surface area contributed by atoms with E-state index < -0.39 is 5.41 Å². The minimum atomic E-state index is -0.515. The van der Waals surface area contributed by atoms with Gasteiger partial charge < -0.3 is 15.8 Å².